The summed E-state index contributed by atoms with van der Waals surface area (Å²) in [7, 11) is 0. The van der Waals surface area contributed by atoms with Crippen molar-refractivity contribution in [3.8, 4) is 78.4 Å². The van der Waals surface area contributed by atoms with Gasteiger partial charge in [0.2, 0.25) is 0 Å². The molecule has 0 saturated heterocycles. The predicted octanol–water partition coefficient (Wildman–Crippen LogP) is 13.7. The topological polar surface area (TPSA) is 38.7 Å². The van der Waals surface area contributed by atoms with Crippen molar-refractivity contribution in [1.82, 2.24) is 15.0 Å². The lowest BCUT2D eigenvalue weighted by Gasteiger charge is -2.35. The Labute approximate surface area is 343 Å². The van der Waals surface area contributed by atoms with Gasteiger partial charge < -0.3 is 0 Å². The van der Waals surface area contributed by atoms with Gasteiger partial charge in [-0.3, -0.25) is 4.98 Å². The van der Waals surface area contributed by atoms with Crippen LogP contribution in [0.1, 0.15) is 22.3 Å². The van der Waals surface area contributed by atoms with Crippen LogP contribution in [0.5, 0.6) is 0 Å². The van der Waals surface area contributed by atoms with Crippen molar-refractivity contribution in [2.24, 2.45) is 0 Å². The molecule has 1 unspecified atom stereocenters. The molecular weight excluding hydrogens is 715 g/mol. The monoisotopic (exact) mass is 749 g/mol. The lowest BCUT2D eigenvalue weighted by Crippen LogP contribution is -2.29. The highest BCUT2D eigenvalue weighted by molar-refractivity contribution is 6.01. The Balaban J connectivity index is 1.15. The third kappa shape index (κ3) is 5.11. The van der Waals surface area contributed by atoms with E-state index >= 15 is 0 Å². The molecule has 8 aromatic carbocycles. The molecule has 12 rings (SSSR count). The number of fused-ring (bicyclic) bond motifs is 13. The van der Waals surface area contributed by atoms with E-state index in [1.807, 2.05) is 18.3 Å². The van der Waals surface area contributed by atoms with Crippen molar-refractivity contribution in [1.29, 1.82) is 0 Å². The number of hydrogen-bond donors (Lipinski definition) is 0. The molecule has 3 nitrogen and oxygen atoms in total. The SMILES string of the molecule is c1ccc(-c2cc(-c3ccc4c(c3)C3(c5ccccc5-c5ccccc5-4)c4ccccc4-c4cc5ccccc5cc43)nc(-c3ccc(-c4cccnc4)cc3)n2)cc1. The number of hydrogen-bond acceptors (Lipinski definition) is 3. The van der Waals surface area contributed by atoms with E-state index in [1.54, 1.807) is 6.20 Å². The number of nitrogens with zero attached hydrogens (tertiary/aromatic N) is 3. The second-order valence-corrected chi connectivity index (χ2v) is 15.5. The molecule has 0 bridgehead atoms. The Hall–Kier alpha value is -7.75. The van der Waals surface area contributed by atoms with Gasteiger partial charge in [-0.15, -0.1) is 0 Å². The van der Waals surface area contributed by atoms with Crippen LogP contribution in [-0.4, -0.2) is 15.0 Å². The molecule has 10 aromatic rings. The summed E-state index contributed by atoms with van der Waals surface area (Å²) in [4.78, 5) is 14.9. The summed E-state index contributed by atoms with van der Waals surface area (Å²) in [6.45, 7) is 0. The molecule has 274 valence electrons. The molecule has 1 spiro atoms. The van der Waals surface area contributed by atoms with Gasteiger partial charge in [0, 0.05) is 29.1 Å². The summed E-state index contributed by atoms with van der Waals surface area (Å²) in [6, 6.07) is 72.8. The van der Waals surface area contributed by atoms with Crippen LogP contribution in [0.25, 0.3) is 89.2 Å². The molecule has 0 saturated carbocycles. The normalized spacial score (nSPS) is 14.5. The zero-order valence-electron chi connectivity index (χ0n) is 32.0. The average Bonchev–Trinajstić information content (AvgIpc) is 3.54. The van der Waals surface area contributed by atoms with Crippen LogP contribution in [0, 0.1) is 0 Å². The lowest BCUT2D eigenvalue weighted by molar-refractivity contribution is 0.777. The maximum atomic E-state index is 5.38. The van der Waals surface area contributed by atoms with E-state index < -0.39 is 5.41 Å². The first-order chi connectivity index (χ1) is 29.2. The van der Waals surface area contributed by atoms with Gasteiger partial charge >= 0.3 is 0 Å². The van der Waals surface area contributed by atoms with Gasteiger partial charge in [-0.1, -0.05) is 170 Å². The maximum absolute atomic E-state index is 5.38. The van der Waals surface area contributed by atoms with E-state index in [0.29, 0.717) is 5.82 Å². The molecule has 1 atom stereocenters. The highest BCUT2D eigenvalue weighted by Gasteiger charge is 2.50. The van der Waals surface area contributed by atoms with Crippen LogP contribution in [0.3, 0.4) is 0 Å². The average molecular weight is 750 g/mol. The Morgan fingerprint density at radius 3 is 1.53 bits per heavy atom. The molecule has 0 N–H and O–H groups in total. The van der Waals surface area contributed by atoms with Crippen molar-refractivity contribution >= 4 is 10.8 Å². The molecule has 0 amide bonds. The fraction of sp³-hybridized carbons (Fsp3) is 0.0179. The molecule has 59 heavy (non-hydrogen) atoms. The van der Waals surface area contributed by atoms with E-state index in [0.717, 1.165) is 39.2 Å². The molecular formula is C56H35N3. The van der Waals surface area contributed by atoms with E-state index in [-0.39, 0.29) is 0 Å². The highest BCUT2D eigenvalue weighted by Crippen LogP contribution is 2.62. The van der Waals surface area contributed by atoms with E-state index in [9.17, 15) is 0 Å². The molecule has 0 aliphatic heterocycles. The van der Waals surface area contributed by atoms with E-state index in [4.69, 9.17) is 9.97 Å². The van der Waals surface area contributed by atoms with Crippen LogP contribution in [0.2, 0.25) is 0 Å². The summed E-state index contributed by atoms with van der Waals surface area (Å²) < 4.78 is 0. The predicted molar refractivity (Wildman–Crippen MR) is 241 cm³/mol. The number of aromatic nitrogens is 3. The van der Waals surface area contributed by atoms with Gasteiger partial charge in [-0.05, 0) is 108 Å². The summed E-state index contributed by atoms with van der Waals surface area (Å²) in [5.41, 5.74) is 19.0. The number of rotatable bonds is 4. The van der Waals surface area contributed by atoms with E-state index in [2.05, 4.69) is 193 Å². The lowest BCUT2D eigenvalue weighted by atomic mass is 9.65. The zero-order chi connectivity index (χ0) is 38.9. The Kier molecular flexibility index (Phi) is 7.45. The molecule has 2 aromatic heterocycles. The van der Waals surface area contributed by atoms with Crippen molar-refractivity contribution in [3.63, 3.8) is 0 Å². The summed E-state index contributed by atoms with van der Waals surface area (Å²) in [5, 5.41) is 2.48. The van der Waals surface area contributed by atoms with Crippen molar-refractivity contribution < 1.29 is 0 Å². The fourth-order valence-corrected chi connectivity index (χ4v) is 9.76. The minimum Gasteiger partial charge on any atom is -0.264 e. The first kappa shape index (κ1) is 33.4. The molecule has 0 fully saturated rings. The number of benzene rings is 8. The zero-order valence-corrected chi connectivity index (χ0v) is 32.0. The van der Waals surface area contributed by atoms with E-state index in [1.165, 1.54) is 66.4 Å². The largest absolute Gasteiger partial charge is 0.264 e. The van der Waals surface area contributed by atoms with Gasteiger partial charge in [0.15, 0.2) is 5.82 Å². The second kappa shape index (κ2) is 13.2. The quantitative estimate of drug-likeness (QED) is 0.180. The van der Waals surface area contributed by atoms with Gasteiger partial charge in [0.1, 0.15) is 0 Å². The van der Waals surface area contributed by atoms with Crippen molar-refractivity contribution in [3.05, 3.63) is 235 Å². The van der Waals surface area contributed by atoms with Crippen molar-refractivity contribution in [2.45, 2.75) is 5.41 Å². The standard InChI is InChI=1S/C56H35N3/c1-2-13-37(14-3-1)53-34-54(59-55(58-53)38-26-24-36(25-27-38)42-17-12-30-57-35-42)41-28-29-47-44-19-7-6-18-43(44)45-20-8-10-22-49(45)56(51(47)33-41)50-23-11-9-21-46(50)48-31-39-15-4-5-16-40(39)32-52(48)56/h1-35H. The third-order valence-electron chi connectivity index (χ3n) is 12.4. The minimum absolute atomic E-state index is 0.614. The molecule has 2 aliphatic rings. The van der Waals surface area contributed by atoms with Crippen LogP contribution >= 0.6 is 0 Å². The Morgan fingerprint density at radius 2 is 0.831 bits per heavy atom. The van der Waals surface area contributed by atoms with Crippen molar-refractivity contribution in [2.75, 3.05) is 0 Å². The maximum Gasteiger partial charge on any atom is 0.160 e. The van der Waals surface area contributed by atoms with Gasteiger partial charge in [0.05, 0.1) is 16.8 Å². The van der Waals surface area contributed by atoms with Crippen LogP contribution in [0.4, 0.5) is 0 Å². The number of pyridine rings is 1. The Bertz CT molecular complexity index is 3260. The van der Waals surface area contributed by atoms with Crippen LogP contribution in [-0.2, 0) is 5.41 Å². The first-order valence-electron chi connectivity index (χ1n) is 20.2. The highest BCUT2D eigenvalue weighted by atomic mass is 14.9. The van der Waals surface area contributed by atoms with Crippen LogP contribution in [0.15, 0.2) is 213 Å². The summed E-state index contributed by atoms with van der Waals surface area (Å²) in [6.07, 6.45) is 3.70. The van der Waals surface area contributed by atoms with Gasteiger partial charge in [-0.25, -0.2) is 9.97 Å². The molecule has 0 radical (unpaired) electrons. The molecule has 2 aliphatic carbocycles. The van der Waals surface area contributed by atoms with Gasteiger partial charge in [-0.2, -0.15) is 0 Å². The first-order valence-corrected chi connectivity index (χ1v) is 20.2. The third-order valence-corrected chi connectivity index (χ3v) is 12.4. The van der Waals surface area contributed by atoms with Gasteiger partial charge in [0.25, 0.3) is 0 Å². The summed E-state index contributed by atoms with van der Waals surface area (Å²) in [5.74, 6) is 0.683. The molecule has 2 heterocycles. The fourth-order valence-electron chi connectivity index (χ4n) is 9.76. The Morgan fingerprint density at radius 1 is 0.305 bits per heavy atom. The minimum atomic E-state index is -0.614. The summed E-state index contributed by atoms with van der Waals surface area (Å²) >= 11 is 0. The second-order valence-electron chi connectivity index (χ2n) is 15.5. The molecule has 3 heteroatoms. The van der Waals surface area contributed by atoms with Crippen LogP contribution < -0.4 is 0 Å². The smallest absolute Gasteiger partial charge is 0.160 e.